The maximum Gasteiger partial charge on any atom is 0.331 e. The number of esters is 1. The second-order valence-corrected chi connectivity index (χ2v) is 13.4. The predicted octanol–water partition coefficient (Wildman–Crippen LogP) is 0.750. The molecule has 10 nitrogen and oxygen atoms in total. The number of hydrogen-bond donors (Lipinski definition) is 5. The van der Waals surface area contributed by atoms with Crippen molar-refractivity contribution in [3.05, 3.63) is 11.6 Å². The number of aliphatic hydroxyl groups is 5. The van der Waals surface area contributed by atoms with Crippen molar-refractivity contribution in [1.29, 1.82) is 0 Å². The number of hydrogen-bond acceptors (Lipinski definition) is 10. The van der Waals surface area contributed by atoms with Gasteiger partial charge in [0.1, 0.15) is 31.2 Å². The first-order valence-electron chi connectivity index (χ1n) is 14.5. The van der Waals surface area contributed by atoms with Crippen LogP contribution < -0.4 is 0 Å². The molecule has 0 spiro atoms. The molecule has 0 aromatic rings. The molecule has 39 heavy (non-hydrogen) atoms. The Morgan fingerprint density at radius 3 is 2.44 bits per heavy atom. The van der Waals surface area contributed by atoms with E-state index in [1.54, 1.807) is 6.92 Å². The second kappa shape index (κ2) is 9.31. The highest BCUT2D eigenvalue weighted by Gasteiger charge is 2.73. The van der Waals surface area contributed by atoms with E-state index in [1.807, 2.05) is 6.92 Å². The number of carbonyl (C=O) groups excluding carboxylic acids is 2. The van der Waals surface area contributed by atoms with Crippen LogP contribution in [0.15, 0.2) is 11.6 Å². The summed E-state index contributed by atoms with van der Waals surface area (Å²) in [5.41, 5.74) is -3.42. The Morgan fingerprint density at radius 2 is 1.74 bits per heavy atom. The van der Waals surface area contributed by atoms with Crippen LogP contribution in [0.4, 0.5) is 0 Å². The van der Waals surface area contributed by atoms with Crippen molar-refractivity contribution in [3.8, 4) is 0 Å². The Morgan fingerprint density at radius 1 is 0.974 bits per heavy atom. The van der Waals surface area contributed by atoms with Gasteiger partial charge in [0.05, 0.1) is 23.4 Å². The lowest BCUT2D eigenvalue weighted by Crippen LogP contribution is -2.66. The van der Waals surface area contributed by atoms with Gasteiger partial charge in [-0.05, 0) is 82.5 Å². The van der Waals surface area contributed by atoms with Gasteiger partial charge in [-0.3, -0.25) is 0 Å². The number of aliphatic hydroxyl groups excluding tert-OH is 3. The fourth-order valence-electron chi connectivity index (χ4n) is 9.70. The normalized spacial score (nSPS) is 55.2. The average Bonchev–Trinajstić information content (AvgIpc) is 3.45. The van der Waals surface area contributed by atoms with E-state index in [4.69, 9.17) is 14.2 Å². The Bertz CT molecular complexity index is 1050. The number of rotatable bonds is 4. The summed E-state index contributed by atoms with van der Waals surface area (Å²) in [6, 6.07) is 0. The first-order valence-corrected chi connectivity index (χ1v) is 14.5. The Balaban J connectivity index is 1.21. The summed E-state index contributed by atoms with van der Waals surface area (Å²) in [7, 11) is 0. The third kappa shape index (κ3) is 3.72. The van der Waals surface area contributed by atoms with Gasteiger partial charge in [0.15, 0.2) is 6.29 Å². The van der Waals surface area contributed by atoms with E-state index in [0.29, 0.717) is 50.5 Å². The molecule has 0 aromatic carbocycles. The van der Waals surface area contributed by atoms with Crippen molar-refractivity contribution >= 4 is 12.3 Å². The second-order valence-electron chi connectivity index (χ2n) is 13.4. The molecule has 0 unspecified atom stereocenters. The number of cyclic esters (lactones) is 1. The fraction of sp³-hybridized carbons (Fsp3) is 0.862. The van der Waals surface area contributed by atoms with Crippen LogP contribution in [0, 0.1) is 28.6 Å². The molecule has 5 fully saturated rings. The Labute approximate surface area is 228 Å². The smallest absolute Gasteiger partial charge is 0.331 e. The van der Waals surface area contributed by atoms with Gasteiger partial charge in [-0.25, -0.2) is 4.79 Å². The van der Waals surface area contributed by atoms with E-state index in [2.05, 4.69) is 0 Å². The number of aldehydes is 1. The molecule has 6 aliphatic rings. The van der Waals surface area contributed by atoms with E-state index < -0.39 is 58.7 Å². The first-order chi connectivity index (χ1) is 18.4. The van der Waals surface area contributed by atoms with Crippen LogP contribution in [-0.2, 0) is 23.8 Å². The highest BCUT2D eigenvalue weighted by molar-refractivity contribution is 5.86. The fourth-order valence-corrected chi connectivity index (χ4v) is 9.70. The minimum atomic E-state index is -1.37. The molecule has 2 aliphatic heterocycles. The van der Waals surface area contributed by atoms with Gasteiger partial charge >= 0.3 is 5.97 Å². The zero-order valence-corrected chi connectivity index (χ0v) is 22.7. The molecule has 0 radical (unpaired) electrons. The van der Waals surface area contributed by atoms with Gasteiger partial charge in [-0.15, -0.1) is 0 Å². The lowest BCUT2D eigenvalue weighted by molar-refractivity contribution is -0.310. The number of fused-ring (bicyclic) bond motifs is 5. The summed E-state index contributed by atoms with van der Waals surface area (Å²) in [5.74, 6) is -0.597. The standard InChI is InChI=1S/C29H42O10/c1-15-22(32)23(33)24(34)25(38-15)39-18-5-8-27(14-30)16(11-18)3-4-20-19(27)6-7-26(2)28(35,9-10-29(20,26)36)17-12-21(31)37-13-17/h12,14-16,18-20,22-25,32-36H,3-11,13H2,1-2H3/t15-,16+,18+,19+,20-,22-,23-,24-,25+,26-,27-,28-,29+/m1/s1. The maximum atomic E-state index is 12.9. The summed E-state index contributed by atoms with van der Waals surface area (Å²) >= 11 is 0. The third-order valence-corrected chi connectivity index (χ3v) is 12.1. The Kier molecular flexibility index (Phi) is 6.62. The summed E-state index contributed by atoms with van der Waals surface area (Å²) < 4.78 is 16.9. The minimum absolute atomic E-state index is 0.0286. The molecule has 5 N–H and O–H groups in total. The molecule has 0 aromatic heterocycles. The van der Waals surface area contributed by atoms with Crippen molar-refractivity contribution in [2.75, 3.05) is 6.61 Å². The molecule has 1 saturated heterocycles. The predicted molar refractivity (Wildman–Crippen MR) is 135 cm³/mol. The molecule has 13 atom stereocenters. The van der Waals surface area contributed by atoms with Crippen molar-refractivity contribution in [2.45, 2.75) is 120 Å². The monoisotopic (exact) mass is 550 g/mol. The SMILES string of the molecule is C[C@H]1O[C@@H](O[C@H]2CC[C@@]3(C=O)[C@@H](CC[C@@H]4[C@@H]3CC[C@]3(C)[C@](O)(C5=CC(=O)OC5)CC[C@]43O)C2)[C@H](O)[C@H](O)[C@@H]1O. The minimum Gasteiger partial charge on any atom is -0.458 e. The van der Waals surface area contributed by atoms with Gasteiger partial charge in [0.25, 0.3) is 0 Å². The van der Waals surface area contributed by atoms with Crippen LogP contribution in [0.1, 0.15) is 71.6 Å². The molecule has 0 amide bonds. The highest BCUT2D eigenvalue weighted by Crippen LogP contribution is 2.70. The molecule has 4 aliphatic carbocycles. The van der Waals surface area contributed by atoms with E-state index in [1.165, 1.54) is 6.08 Å². The molecule has 2 heterocycles. The van der Waals surface area contributed by atoms with Crippen LogP contribution >= 0.6 is 0 Å². The van der Waals surface area contributed by atoms with Gasteiger partial charge in [-0.1, -0.05) is 6.92 Å². The summed E-state index contributed by atoms with van der Waals surface area (Å²) in [6.07, 6.45) is 1.74. The summed E-state index contributed by atoms with van der Waals surface area (Å²) in [4.78, 5) is 24.7. The largest absolute Gasteiger partial charge is 0.458 e. The van der Waals surface area contributed by atoms with Crippen molar-refractivity contribution < 1.29 is 49.3 Å². The highest BCUT2D eigenvalue weighted by atomic mass is 16.7. The summed E-state index contributed by atoms with van der Waals surface area (Å²) in [5, 5.41) is 54.9. The van der Waals surface area contributed by atoms with Gasteiger partial charge in [0, 0.05) is 22.5 Å². The van der Waals surface area contributed by atoms with Crippen LogP contribution in [0.2, 0.25) is 0 Å². The van der Waals surface area contributed by atoms with Crippen LogP contribution in [0.25, 0.3) is 0 Å². The lowest BCUT2D eigenvalue weighted by atomic mass is 9.42. The molecule has 218 valence electrons. The molecular formula is C29H42O10. The first kappa shape index (κ1) is 27.8. The topological polar surface area (TPSA) is 163 Å². The van der Waals surface area contributed by atoms with E-state index in [9.17, 15) is 35.1 Å². The van der Waals surface area contributed by atoms with E-state index in [-0.39, 0.29) is 30.5 Å². The van der Waals surface area contributed by atoms with Gasteiger partial charge in [0.2, 0.25) is 0 Å². The van der Waals surface area contributed by atoms with Crippen LogP contribution in [0.5, 0.6) is 0 Å². The van der Waals surface area contributed by atoms with Crippen molar-refractivity contribution in [2.24, 2.45) is 28.6 Å². The van der Waals surface area contributed by atoms with Crippen LogP contribution in [0.3, 0.4) is 0 Å². The molecule has 0 bridgehead atoms. The number of carbonyl (C=O) groups is 2. The zero-order chi connectivity index (χ0) is 28.0. The van der Waals surface area contributed by atoms with Crippen molar-refractivity contribution in [1.82, 2.24) is 0 Å². The van der Waals surface area contributed by atoms with Gasteiger partial charge < -0.3 is 44.5 Å². The quantitative estimate of drug-likeness (QED) is 0.192. The van der Waals surface area contributed by atoms with Crippen molar-refractivity contribution in [3.63, 3.8) is 0 Å². The number of ether oxygens (including phenoxy) is 3. The van der Waals surface area contributed by atoms with E-state index in [0.717, 1.165) is 19.1 Å². The molecule has 10 heteroatoms. The molecule has 4 saturated carbocycles. The summed E-state index contributed by atoms with van der Waals surface area (Å²) in [6.45, 7) is 3.60. The maximum absolute atomic E-state index is 12.9. The lowest BCUT2D eigenvalue weighted by Gasteiger charge is -2.63. The molecule has 6 rings (SSSR count). The third-order valence-electron chi connectivity index (χ3n) is 12.1. The van der Waals surface area contributed by atoms with Gasteiger partial charge in [-0.2, -0.15) is 0 Å². The van der Waals surface area contributed by atoms with E-state index >= 15 is 0 Å². The zero-order valence-electron chi connectivity index (χ0n) is 22.7. The average molecular weight is 551 g/mol. The molecular weight excluding hydrogens is 508 g/mol. The van der Waals surface area contributed by atoms with Crippen LogP contribution in [-0.4, -0.2) is 92.4 Å². The Hall–Kier alpha value is -1.40.